The molecule has 2 N–H and O–H groups in total. The molecule has 0 bridgehead atoms. The smallest absolute Gasteiger partial charge is 0.222 e. The second kappa shape index (κ2) is 9.16. The van der Waals surface area contributed by atoms with Crippen LogP contribution in [0.2, 0.25) is 0 Å². The summed E-state index contributed by atoms with van der Waals surface area (Å²) < 4.78 is 13.8. The largest absolute Gasteiger partial charge is 0.507 e. The van der Waals surface area contributed by atoms with Gasteiger partial charge in [-0.1, -0.05) is 23.8 Å². The molecule has 1 aromatic heterocycles. The average molecular weight is 420 g/mol. The third-order valence-corrected chi connectivity index (χ3v) is 5.49. The summed E-state index contributed by atoms with van der Waals surface area (Å²) in [4.78, 5) is 18.4. The molecule has 31 heavy (non-hydrogen) atoms. The number of nitrogens with one attached hydrogen (secondary N) is 1. The van der Waals surface area contributed by atoms with Crippen molar-refractivity contribution in [3.8, 4) is 28.1 Å². The number of phenolic OH excluding ortho intramolecular Hbond substituents is 1. The number of rotatable bonds is 7. The number of aromatic nitrogens is 1. The van der Waals surface area contributed by atoms with E-state index in [9.17, 15) is 14.3 Å². The van der Waals surface area contributed by atoms with Gasteiger partial charge in [-0.05, 0) is 67.3 Å². The second-order valence-electron chi connectivity index (χ2n) is 7.92. The molecule has 160 valence electrons. The third-order valence-electron chi connectivity index (χ3n) is 5.49. The average Bonchev–Trinajstić information content (AvgIpc) is 3.17. The number of halogens is 1. The molecule has 1 fully saturated rings. The number of hydrogen-bond acceptors (Lipinski definition) is 4. The van der Waals surface area contributed by atoms with Gasteiger partial charge < -0.3 is 15.3 Å². The summed E-state index contributed by atoms with van der Waals surface area (Å²) in [5.74, 6) is 0.709. The lowest BCUT2D eigenvalue weighted by atomic mass is 10.0. The zero-order valence-corrected chi connectivity index (χ0v) is 17.6. The lowest BCUT2D eigenvalue weighted by Crippen LogP contribution is -2.27. The van der Waals surface area contributed by atoms with Gasteiger partial charge in [-0.15, -0.1) is 0 Å². The minimum Gasteiger partial charge on any atom is -0.507 e. The minimum absolute atomic E-state index is 0.146. The molecule has 5 nitrogen and oxygen atoms in total. The number of benzene rings is 2. The van der Waals surface area contributed by atoms with Crippen molar-refractivity contribution in [3.05, 3.63) is 66.0 Å². The van der Waals surface area contributed by atoms with Gasteiger partial charge in [-0.3, -0.25) is 4.79 Å². The van der Waals surface area contributed by atoms with Crippen molar-refractivity contribution in [1.29, 1.82) is 0 Å². The summed E-state index contributed by atoms with van der Waals surface area (Å²) in [7, 11) is 0. The minimum atomic E-state index is -0.306. The number of hydrogen-bond donors (Lipinski definition) is 2. The normalized spacial score (nSPS) is 13.6. The number of likely N-dealkylation sites (tertiary alicyclic amines) is 1. The van der Waals surface area contributed by atoms with Crippen molar-refractivity contribution in [3.63, 3.8) is 0 Å². The molecule has 0 radical (unpaired) electrons. The lowest BCUT2D eigenvalue weighted by Gasteiger charge is -2.16. The first kappa shape index (κ1) is 20.8. The van der Waals surface area contributed by atoms with Gasteiger partial charge in [-0.25, -0.2) is 9.37 Å². The van der Waals surface area contributed by atoms with Crippen LogP contribution in [-0.4, -0.2) is 40.5 Å². The van der Waals surface area contributed by atoms with E-state index in [1.54, 1.807) is 12.1 Å². The van der Waals surface area contributed by atoms with Gasteiger partial charge in [0, 0.05) is 31.6 Å². The molecule has 2 heterocycles. The maximum atomic E-state index is 13.8. The van der Waals surface area contributed by atoms with Crippen LogP contribution >= 0.6 is 0 Å². The predicted octanol–water partition coefficient (Wildman–Crippen LogP) is 4.99. The Kier molecular flexibility index (Phi) is 6.16. The Morgan fingerprint density at radius 2 is 2.00 bits per heavy atom. The fourth-order valence-corrected chi connectivity index (χ4v) is 3.88. The standard InChI is InChI=1S/C25H26FN3O2/c1-17-8-9-23(30)21(13-17)22-15-19(18-5-2-6-20(26)14-18)16-24(28-22)27-10-4-12-29-11-3-7-25(29)31/h2,5-6,8-9,13-16,30H,3-4,7,10-12H2,1H3,(H,27,28). The van der Waals surface area contributed by atoms with Gasteiger partial charge in [-0.2, -0.15) is 0 Å². The Labute approximate surface area is 181 Å². The Morgan fingerprint density at radius 1 is 1.13 bits per heavy atom. The van der Waals surface area contributed by atoms with Crippen molar-refractivity contribution in [2.45, 2.75) is 26.2 Å². The van der Waals surface area contributed by atoms with Gasteiger partial charge in [0.2, 0.25) is 5.91 Å². The molecular weight excluding hydrogens is 393 g/mol. The van der Waals surface area contributed by atoms with E-state index in [0.29, 0.717) is 30.0 Å². The molecule has 1 saturated heterocycles. The van der Waals surface area contributed by atoms with E-state index in [-0.39, 0.29) is 17.5 Å². The zero-order chi connectivity index (χ0) is 21.8. The molecule has 6 heteroatoms. The van der Waals surface area contributed by atoms with E-state index in [1.165, 1.54) is 12.1 Å². The molecule has 1 aliphatic rings. The van der Waals surface area contributed by atoms with Gasteiger partial charge in [0.1, 0.15) is 17.4 Å². The molecule has 0 spiro atoms. The lowest BCUT2D eigenvalue weighted by molar-refractivity contribution is -0.127. The first-order valence-corrected chi connectivity index (χ1v) is 10.6. The molecule has 1 amide bonds. The molecule has 1 aliphatic heterocycles. The van der Waals surface area contributed by atoms with Crippen LogP contribution in [0, 0.1) is 12.7 Å². The van der Waals surface area contributed by atoms with Gasteiger partial charge in [0.25, 0.3) is 0 Å². The highest BCUT2D eigenvalue weighted by atomic mass is 19.1. The Hall–Kier alpha value is -3.41. The Morgan fingerprint density at radius 3 is 2.77 bits per heavy atom. The highest BCUT2D eigenvalue weighted by Crippen LogP contribution is 2.33. The summed E-state index contributed by atoms with van der Waals surface area (Å²) in [6, 6.07) is 15.5. The fourth-order valence-electron chi connectivity index (χ4n) is 3.88. The fraction of sp³-hybridized carbons (Fsp3) is 0.280. The number of amides is 1. The Bertz CT molecular complexity index is 1100. The number of anilines is 1. The topological polar surface area (TPSA) is 65.5 Å². The summed E-state index contributed by atoms with van der Waals surface area (Å²) in [6.45, 7) is 4.17. The van der Waals surface area contributed by atoms with E-state index in [4.69, 9.17) is 4.98 Å². The van der Waals surface area contributed by atoms with Crippen molar-refractivity contribution >= 4 is 11.7 Å². The van der Waals surface area contributed by atoms with Crippen LogP contribution in [-0.2, 0) is 4.79 Å². The van der Waals surface area contributed by atoms with Crippen molar-refractivity contribution in [2.75, 3.05) is 25.0 Å². The van der Waals surface area contributed by atoms with E-state index in [0.717, 1.165) is 42.6 Å². The van der Waals surface area contributed by atoms with Crippen molar-refractivity contribution < 1.29 is 14.3 Å². The summed E-state index contributed by atoms with van der Waals surface area (Å²) in [5, 5.41) is 13.7. The third kappa shape index (κ3) is 5.02. The van der Waals surface area contributed by atoms with Crippen molar-refractivity contribution in [2.24, 2.45) is 0 Å². The number of pyridine rings is 1. The van der Waals surface area contributed by atoms with Gasteiger partial charge >= 0.3 is 0 Å². The molecule has 0 atom stereocenters. The van der Waals surface area contributed by atoms with Crippen LogP contribution in [0.3, 0.4) is 0 Å². The highest BCUT2D eigenvalue weighted by molar-refractivity contribution is 5.78. The quantitative estimate of drug-likeness (QED) is 0.530. The van der Waals surface area contributed by atoms with Crippen LogP contribution in [0.1, 0.15) is 24.8 Å². The second-order valence-corrected chi connectivity index (χ2v) is 7.92. The van der Waals surface area contributed by atoms with Crippen LogP contribution in [0.5, 0.6) is 5.75 Å². The van der Waals surface area contributed by atoms with Gasteiger partial charge in [0.05, 0.1) is 5.69 Å². The predicted molar refractivity (Wildman–Crippen MR) is 120 cm³/mol. The van der Waals surface area contributed by atoms with Crippen LogP contribution in [0.25, 0.3) is 22.4 Å². The maximum Gasteiger partial charge on any atom is 0.222 e. The number of nitrogens with zero attached hydrogens (tertiary/aromatic N) is 2. The number of carbonyl (C=O) groups is 1. The monoisotopic (exact) mass is 419 g/mol. The van der Waals surface area contributed by atoms with E-state index in [1.807, 2.05) is 42.2 Å². The van der Waals surface area contributed by atoms with E-state index < -0.39 is 0 Å². The molecule has 3 aromatic rings. The molecule has 0 aliphatic carbocycles. The molecule has 4 rings (SSSR count). The number of carbonyl (C=O) groups excluding carboxylic acids is 1. The van der Waals surface area contributed by atoms with E-state index in [2.05, 4.69) is 5.32 Å². The Balaban J connectivity index is 1.60. The number of phenols is 1. The molecular formula is C25H26FN3O2. The van der Waals surface area contributed by atoms with Crippen LogP contribution in [0.4, 0.5) is 10.2 Å². The first-order valence-electron chi connectivity index (χ1n) is 10.6. The van der Waals surface area contributed by atoms with E-state index >= 15 is 0 Å². The van der Waals surface area contributed by atoms with Crippen LogP contribution in [0.15, 0.2) is 54.6 Å². The first-order chi connectivity index (χ1) is 15.0. The van der Waals surface area contributed by atoms with Crippen LogP contribution < -0.4 is 5.32 Å². The number of aryl methyl sites for hydroxylation is 1. The van der Waals surface area contributed by atoms with Crippen molar-refractivity contribution in [1.82, 2.24) is 9.88 Å². The maximum absolute atomic E-state index is 13.8. The summed E-state index contributed by atoms with van der Waals surface area (Å²) >= 11 is 0. The summed E-state index contributed by atoms with van der Waals surface area (Å²) in [6.07, 6.45) is 2.39. The zero-order valence-electron chi connectivity index (χ0n) is 17.6. The molecule has 0 saturated carbocycles. The summed E-state index contributed by atoms with van der Waals surface area (Å²) in [5.41, 5.74) is 3.80. The molecule has 0 unspecified atom stereocenters. The highest BCUT2D eigenvalue weighted by Gasteiger charge is 2.19. The SMILES string of the molecule is Cc1ccc(O)c(-c2cc(-c3cccc(F)c3)cc(NCCCN3CCCC3=O)n2)c1. The number of aromatic hydroxyl groups is 1. The molecule has 2 aromatic carbocycles. The van der Waals surface area contributed by atoms with Gasteiger partial charge in [0.15, 0.2) is 0 Å².